The molecule has 0 rings (SSSR count). The molecule has 0 saturated heterocycles. The first kappa shape index (κ1) is 26.9. The van der Waals surface area contributed by atoms with E-state index in [1.807, 2.05) is 61.5 Å². The van der Waals surface area contributed by atoms with Crippen LogP contribution >= 0.6 is 0 Å². The quantitative estimate of drug-likeness (QED) is 0.265. The fraction of sp³-hybridized carbons (Fsp3) is 0.500. The van der Waals surface area contributed by atoms with Crippen molar-refractivity contribution in [1.29, 1.82) is 0 Å². The highest BCUT2D eigenvalue weighted by Crippen LogP contribution is 2.11. The highest BCUT2D eigenvalue weighted by molar-refractivity contribution is 5.83. The zero-order chi connectivity index (χ0) is 17.0. The number of hydrogen-bond donors (Lipinski definition) is 0. The third-order valence-electron chi connectivity index (χ3n) is 1.60. The summed E-state index contributed by atoms with van der Waals surface area (Å²) in [5.74, 6) is 0.160. The first-order valence-electron chi connectivity index (χ1n) is 7.46. The molecule has 0 aromatic rings. The van der Waals surface area contributed by atoms with Crippen molar-refractivity contribution < 1.29 is 9.53 Å². The van der Waals surface area contributed by atoms with Crippen LogP contribution in [0.2, 0.25) is 0 Å². The summed E-state index contributed by atoms with van der Waals surface area (Å²) >= 11 is 0. The van der Waals surface area contributed by atoms with Crippen molar-refractivity contribution >= 4 is 5.97 Å². The summed E-state index contributed by atoms with van der Waals surface area (Å²) in [7, 11) is 0. The van der Waals surface area contributed by atoms with Gasteiger partial charge >= 0.3 is 5.97 Å². The molecule has 0 amide bonds. The van der Waals surface area contributed by atoms with Gasteiger partial charge in [-0.25, -0.2) is 4.79 Å². The Morgan fingerprint density at radius 3 is 1.75 bits per heavy atom. The fourth-order valence-electron chi connectivity index (χ4n) is 0.774. The molecule has 0 aromatic carbocycles. The molecule has 0 bridgehead atoms. The zero-order valence-corrected chi connectivity index (χ0v) is 14.9. The molecule has 0 fully saturated rings. The van der Waals surface area contributed by atoms with Gasteiger partial charge in [-0.3, -0.25) is 0 Å². The summed E-state index contributed by atoms with van der Waals surface area (Å²) in [5.41, 5.74) is 0.905. The normalized spacial score (nSPS) is 10.1. The number of esters is 1. The van der Waals surface area contributed by atoms with Gasteiger partial charge in [0.1, 0.15) is 5.76 Å². The van der Waals surface area contributed by atoms with Crippen LogP contribution in [0, 0.1) is 0 Å². The van der Waals surface area contributed by atoms with E-state index >= 15 is 0 Å². The van der Waals surface area contributed by atoms with Crippen molar-refractivity contribution in [2.24, 2.45) is 0 Å². The maximum Gasteiger partial charge on any atom is 0.335 e. The van der Waals surface area contributed by atoms with Gasteiger partial charge < -0.3 is 4.74 Å². The summed E-state index contributed by atoms with van der Waals surface area (Å²) in [6, 6.07) is 0. The van der Waals surface area contributed by atoms with Gasteiger partial charge in [-0.15, -0.1) is 0 Å². The van der Waals surface area contributed by atoms with Crippen LogP contribution in [-0.2, 0) is 9.53 Å². The standard InChI is InChI=1S/C12H16O2.3C2H6/c1-5-8-11(10(4)7-3)14-12(13)9-6-2;3*1-2/h5-9H,1H2,2-4H3;3*1-2H3/b9-6-,10-7-,11-8+;;;. The fourth-order valence-corrected chi connectivity index (χ4v) is 0.774. The van der Waals surface area contributed by atoms with Crippen LogP contribution in [0.25, 0.3) is 0 Å². The van der Waals surface area contributed by atoms with Crippen molar-refractivity contribution in [3.8, 4) is 0 Å². The van der Waals surface area contributed by atoms with Crippen LogP contribution in [0.15, 0.2) is 48.3 Å². The van der Waals surface area contributed by atoms with E-state index in [0.29, 0.717) is 5.76 Å². The zero-order valence-electron chi connectivity index (χ0n) is 14.9. The SMILES string of the molecule is C=C/C=C(OC(=O)/C=C\C)\C(C)=C/C.CC.CC.CC. The number of ether oxygens (including phenoxy) is 1. The molecule has 0 atom stereocenters. The van der Waals surface area contributed by atoms with Crippen molar-refractivity contribution in [2.75, 3.05) is 0 Å². The molecule has 20 heavy (non-hydrogen) atoms. The summed E-state index contributed by atoms with van der Waals surface area (Å²) in [4.78, 5) is 11.1. The Hall–Kier alpha value is -1.57. The van der Waals surface area contributed by atoms with Crippen LogP contribution in [-0.4, -0.2) is 5.97 Å². The molecular formula is C18H34O2. The molecule has 0 spiro atoms. The van der Waals surface area contributed by atoms with Crippen LogP contribution in [0.5, 0.6) is 0 Å². The summed E-state index contributed by atoms with van der Waals surface area (Å²) in [6.07, 6.45) is 8.14. The van der Waals surface area contributed by atoms with Crippen LogP contribution in [0.4, 0.5) is 0 Å². The van der Waals surface area contributed by atoms with Crippen molar-refractivity contribution in [3.05, 3.63) is 48.3 Å². The van der Waals surface area contributed by atoms with E-state index in [1.54, 1.807) is 25.2 Å². The summed E-state index contributed by atoms with van der Waals surface area (Å²) in [6.45, 7) is 21.1. The van der Waals surface area contributed by atoms with Crippen molar-refractivity contribution in [3.63, 3.8) is 0 Å². The maximum atomic E-state index is 11.1. The number of hydrogen-bond acceptors (Lipinski definition) is 2. The van der Waals surface area contributed by atoms with E-state index < -0.39 is 0 Å². The Balaban J connectivity index is -0.000000187. The number of carbonyl (C=O) groups excluding carboxylic acids is 1. The monoisotopic (exact) mass is 282 g/mol. The number of allylic oxidation sites excluding steroid dienone is 5. The van der Waals surface area contributed by atoms with E-state index in [-0.39, 0.29) is 5.97 Å². The molecular weight excluding hydrogens is 248 g/mol. The lowest BCUT2D eigenvalue weighted by molar-refractivity contribution is -0.133. The van der Waals surface area contributed by atoms with Crippen LogP contribution in [0.3, 0.4) is 0 Å². The molecule has 2 nitrogen and oxygen atoms in total. The van der Waals surface area contributed by atoms with Gasteiger partial charge in [0.05, 0.1) is 0 Å². The minimum absolute atomic E-state index is 0.373. The molecule has 0 unspecified atom stereocenters. The molecule has 0 aliphatic heterocycles. The van der Waals surface area contributed by atoms with E-state index in [1.165, 1.54) is 6.08 Å². The molecule has 0 N–H and O–H groups in total. The van der Waals surface area contributed by atoms with Crippen LogP contribution in [0.1, 0.15) is 62.3 Å². The Kier molecular flexibility index (Phi) is 35.1. The Morgan fingerprint density at radius 1 is 1.00 bits per heavy atom. The first-order chi connectivity index (χ1) is 9.65. The van der Waals surface area contributed by atoms with Gasteiger partial charge in [0.2, 0.25) is 0 Å². The van der Waals surface area contributed by atoms with Crippen LogP contribution < -0.4 is 0 Å². The van der Waals surface area contributed by atoms with Gasteiger partial charge in [-0.2, -0.15) is 0 Å². The lowest BCUT2D eigenvalue weighted by Gasteiger charge is -2.05. The van der Waals surface area contributed by atoms with Gasteiger partial charge in [0, 0.05) is 6.08 Å². The Labute approximate surface area is 126 Å². The molecule has 2 heteroatoms. The van der Waals surface area contributed by atoms with Crippen molar-refractivity contribution in [2.45, 2.75) is 62.3 Å². The topological polar surface area (TPSA) is 26.3 Å². The van der Waals surface area contributed by atoms with E-state index in [9.17, 15) is 4.79 Å². The molecule has 0 aliphatic rings. The smallest absolute Gasteiger partial charge is 0.335 e. The van der Waals surface area contributed by atoms with E-state index in [4.69, 9.17) is 4.74 Å². The Morgan fingerprint density at radius 2 is 1.45 bits per heavy atom. The van der Waals surface area contributed by atoms with Gasteiger partial charge in [0.25, 0.3) is 0 Å². The second-order valence-electron chi connectivity index (χ2n) is 2.66. The minimum Gasteiger partial charge on any atom is -0.423 e. The predicted octanol–water partition coefficient (Wildman–Crippen LogP) is 6.22. The average molecular weight is 282 g/mol. The molecule has 118 valence electrons. The lowest BCUT2D eigenvalue weighted by Crippen LogP contribution is -2.01. The highest BCUT2D eigenvalue weighted by atomic mass is 16.5. The number of carbonyl (C=O) groups is 1. The second-order valence-corrected chi connectivity index (χ2v) is 2.66. The van der Waals surface area contributed by atoms with Gasteiger partial charge in [-0.1, -0.05) is 66.3 Å². The average Bonchev–Trinajstić information content (AvgIpc) is 2.52. The maximum absolute atomic E-state index is 11.1. The van der Waals surface area contributed by atoms with Gasteiger partial charge in [-0.05, 0) is 32.4 Å². The second kappa shape index (κ2) is 26.1. The molecule has 0 aliphatic carbocycles. The van der Waals surface area contributed by atoms with E-state index in [0.717, 1.165) is 5.57 Å². The van der Waals surface area contributed by atoms with Crippen molar-refractivity contribution in [1.82, 2.24) is 0 Å². The Bertz CT molecular complexity index is 295. The third-order valence-corrected chi connectivity index (χ3v) is 1.60. The molecule has 0 radical (unpaired) electrons. The summed E-state index contributed by atoms with van der Waals surface area (Å²) in [5, 5.41) is 0. The van der Waals surface area contributed by atoms with E-state index in [2.05, 4.69) is 6.58 Å². The molecule has 0 saturated carbocycles. The highest BCUT2D eigenvalue weighted by Gasteiger charge is 2.03. The minimum atomic E-state index is -0.373. The van der Waals surface area contributed by atoms with Gasteiger partial charge in [0.15, 0.2) is 0 Å². The predicted molar refractivity (Wildman–Crippen MR) is 92.7 cm³/mol. The molecule has 0 aromatic heterocycles. The first-order valence-corrected chi connectivity index (χ1v) is 7.46. The largest absolute Gasteiger partial charge is 0.423 e. The number of rotatable bonds is 4. The lowest BCUT2D eigenvalue weighted by atomic mass is 10.2. The third kappa shape index (κ3) is 18.8. The molecule has 0 heterocycles. The summed E-state index contributed by atoms with van der Waals surface area (Å²) < 4.78 is 5.08.